The first-order valence-corrected chi connectivity index (χ1v) is 5.87. The van der Waals surface area contributed by atoms with Gasteiger partial charge in [-0.05, 0) is 5.92 Å². The second-order valence-electron chi connectivity index (χ2n) is 3.77. The van der Waals surface area contributed by atoms with Gasteiger partial charge in [-0.25, -0.2) is 4.98 Å². The maximum Gasteiger partial charge on any atom is 0.245 e. The van der Waals surface area contributed by atoms with Crippen molar-refractivity contribution in [3.05, 3.63) is 11.1 Å². The van der Waals surface area contributed by atoms with Crippen molar-refractivity contribution in [1.29, 1.82) is 0 Å². The number of amides is 1. The summed E-state index contributed by atoms with van der Waals surface area (Å²) < 4.78 is 4.80. The van der Waals surface area contributed by atoms with Crippen LogP contribution in [0, 0.1) is 0 Å². The number of aromatic nitrogens is 1. The largest absolute Gasteiger partial charge is 0.383 e. The summed E-state index contributed by atoms with van der Waals surface area (Å²) in [5.41, 5.74) is 5.58. The van der Waals surface area contributed by atoms with Crippen molar-refractivity contribution in [2.75, 3.05) is 19.0 Å². The fourth-order valence-corrected chi connectivity index (χ4v) is 1.89. The second-order valence-corrected chi connectivity index (χ2v) is 4.84. The summed E-state index contributed by atoms with van der Waals surface area (Å²) in [5.74, 6) is 0.141. The lowest BCUT2D eigenvalue weighted by Gasteiger charge is -2.08. The van der Waals surface area contributed by atoms with Crippen LogP contribution in [0.1, 0.15) is 24.6 Å². The van der Waals surface area contributed by atoms with Crippen LogP contribution >= 0.6 is 11.3 Å². The molecular formula is C10H17N3O2S. The lowest BCUT2D eigenvalue weighted by atomic mass is 10.2. The predicted molar refractivity (Wildman–Crippen MR) is 64.7 cm³/mol. The van der Waals surface area contributed by atoms with Gasteiger partial charge in [0.1, 0.15) is 6.04 Å². The lowest BCUT2D eigenvalue weighted by Crippen LogP contribution is -2.39. The third-order valence-corrected chi connectivity index (χ3v) is 3.22. The number of nitrogens with two attached hydrogens (primary N) is 1. The predicted octanol–water partition coefficient (Wildman–Crippen LogP) is 1.18. The molecule has 1 atom stereocenters. The van der Waals surface area contributed by atoms with Gasteiger partial charge in [0.25, 0.3) is 0 Å². The Labute approximate surface area is 99.0 Å². The van der Waals surface area contributed by atoms with Crippen LogP contribution in [-0.4, -0.2) is 30.6 Å². The molecule has 0 aromatic carbocycles. The molecule has 1 heterocycles. The van der Waals surface area contributed by atoms with Crippen LogP contribution in [0.2, 0.25) is 0 Å². The maximum absolute atomic E-state index is 11.5. The summed E-state index contributed by atoms with van der Waals surface area (Å²) in [6, 6.07) is -0.656. The summed E-state index contributed by atoms with van der Waals surface area (Å²) >= 11 is 1.47. The Morgan fingerprint density at radius 2 is 2.38 bits per heavy atom. The first-order valence-electron chi connectivity index (χ1n) is 5.05. The molecule has 90 valence electrons. The topological polar surface area (TPSA) is 77.2 Å². The zero-order chi connectivity index (χ0) is 12.1. The molecule has 0 saturated carbocycles. The molecular weight excluding hydrogens is 226 g/mol. The van der Waals surface area contributed by atoms with Gasteiger partial charge in [0, 0.05) is 18.2 Å². The van der Waals surface area contributed by atoms with Gasteiger partial charge in [0.05, 0.1) is 6.61 Å². The van der Waals surface area contributed by atoms with E-state index < -0.39 is 6.04 Å². The normalized spacial score (nSPS) is 12.8. The molecule has 0 aliphatic carbocycles. The minimum Gasteiger partial charge on any atom is -0.383 e. The van der Waals surface area contributed by atoms with Crippen molar-refractivity contribution in [2.45, 2.75) is 25.8 Å². The van der Waals surface area contributed by atoms with Crippen LogP contribution in [0.15, 0.2) is 6.20 Å². The summed E-state index contributed by atoms with van der Waals surface area (Å²) in [6.45, 7) is 4.36. The highest BCUT2D eigenvalue weighted by atomic mass is 32.1. The Hall–Kier alpha value is -0.980. The summed E-state index contributed by atoms with van der Waals surface area (Å²) in [7, 11) is 1.51. The van der Waals surface area contributed by atoms with Gasteiger partial charge in [0.15, 0.2) is 5.13 Å². The minimum absolute atomic E-state index is 0.203. The number of carbonyl (C=O) groups excluding carboxylic acids is 1. The van der Waals surface area contributed by atoms with Crippen LogP contribution < -0.4 is 11.1 Å². The van der Waals surface area contributed by atoms with Crippen molar-refractivity contribution in [1.82, 2.24) is 4.98 Å². The molecule has 5 nitrogen and oxygen atoms in total. The average Bonchev–Trinajstić information content (AvgIpc) is 2.66. The molecule has 0 aliphatic heterocycles. The molecule has 1 unspecified atom stereocenters. The fraction of sp³-hybridized carbons (Fsp3) is 0.600. The monoisotopic (exact) mass is 243 g/mol. The molecule has 1 amide bonds. The molecule has 0 fully saturated rings. The van der Waals surface area contributed by atoms with E-state index in [0.29, 0.717) is 11.0 Å². The van der Waals surface area contributed by atoms with E-state index in [0.717, 1.165) is 4.88 Å². The third-order valence-electron chi connectivity index (χ3n) is 2.01. The van der Waals surface area contributed by atoms with Crippen molar-refractivity contribution in [3.8, 4) is 0 Å². The van der Waals surface area contributed by atoms with Crippen molar-refractivity contribution >= 4 is 22.4 Å². The number of nitrogens with zero attached hydrogens (tertiary/aromatic N) is 1. The number of ether oxygens (including phenoxy) is 1. The highest BCUT2D eigenvalue weighted by Gasteiger charge is 2.15. The molecule has 0 saturated heterocycles. The molecule has 1 aromatic heterocycles. The van der Waals surface area contributed by atoms with Gasteiger partial charge in [-0.15, -0.1) is 11.3 Å². The number of thiazole rings is 1. The highest BCUT2D eigenvalue weighted by Crippen LogP contribution is 2.24. The number of anilines is 1. The average molecular weight is 243 g/mol. The quantitative estimate of drug-likeness (QED) is 0.814. The Kier molecular flexibility index (Phi) is 4.85. The van der Waals surface area contributed by atoms with Gasteiger partial charge in [-0.3, -0.25) is 4.79 Å². The highest BCUT2D eigenvalue weighted by molar-refractivity contribution is 7.15. The number of carbonyl (C=O) groups is 1. The molecule has 1 aromatic rings. The summed E-state index contributed by atoms with van der Waals surface area (Å²) in [6.07, 6.45) is 1.77. The first kappa shape index (κ1) is 13.1. The van der Waals surface area contributed by atoms with E-state index in [9.17, 15) is 4.79 Å². The number of hydrogen-bond donors (Lipinski definition) is 2. The third kappa shape index (κ3) is 3.55. The molecule has 3 N–H and O–H groups in total. The molecule has 16 heavy (non-hydrogen) atoms. The smallest absolute Gasteiger partial charge is 0.245 e. The van der Waals surface area contributed by atoms with Crippen molar-refractivity contribution in [2.24, 2.45) is 5.73 Å². The van der Waals surface area contributed by atoms with Gasteiger partial charge >= 0.3 is 0 Å². The SMILES string of the molecule is COCC(N)C(=O)Nc1ncc(C(C)C)s1. The minimum atomic E-state index is -0.656. The fourth-order valence-electron chi connectivity index (χ4n) is 1.06. The Morgan fingerprint density at radius 1 is 1.69 bits per heavy atom. The van der Waals surface area contributed by atoms with E-state index in [-0.39, 0.29) is 12.5 Å². The number of rotatable bonds is 5. The van der Waals surface area contributed by atoms with Crippen molar-refractivity contribution in [3.63, 3.8) is 0 Å². The zero-order valence-electron chi connectivity index (χ0n) is 9.69. The van der Waals surface area contributed by atoms with E-state index >= 15 is 0 Å². The second kappa shape index (κ2) is 5.93. The summed E-state index contributed by atoms with van der Waals surface area (Å²) in [4.78, 5) is 16.8. The maximum atomic E-state index is 11.5. The molecule has 6 heteroatoms. The standard InChI is InChI=1S/C10H17N3O2S/c1-6(2)8-4-12-10(16-8)13-9(14)7(11)5-15-3/h4,6-7H,5,11H2,1-3H3,(H,12,13,14). The number of hydrogen-bond acceptors (Lipinski definition) is 5. The van der Waals surface area contributed by atoms with Crippen LogP contribution in [0.5, 0.6) is 0 Å². The van der Waals surface area contributed by atoms with Gasteiger partial charge in [0.2, 0.25) is 5.91 Å². The Balaban J connectivity index is 2.56. The number of methoxy groups -OCH3 is 1. The zero-order valence-corrected chi connectivity index (χ0v) is 10.5. The number of nitrogens with one attached hydrogen (secondary N) is 1. The Bertz CT molecular complexity index is 352. The lowest BCUT2D eigenvalue weighted by molar-refractivity contribution is -0.118. The van der Waals surface area contributed by atoms with Gasteiger partial charge in [-0.1, -0.05) is 13.8 Å². The first-order chi connectivity index (χ1) is 7.54. The molecule has 0 radical (unpaired) electrons. The van der Waals surface area contributed by atoms with Crippen LogP contribution in [0.4, 0.5) is 5.13 Å². The van der Waals surface area contributed by atoms with Crippen LogP contribution in [0.3, 0.4) is 0 Å². The molecule has 0 aliphatic rings. The van der Waals surface area contributed by atoms with E-state index in [1.54, 1.807) is 6.20 Å². The van der Waals surface area contributed by atoms with Crippen LogP contribution in [-0.2, 0) is 9.53 Å². The van der Waals surface area contributed by atoms with E-state index in [1.807, 2.05) is 0 Å². The summed E-state index contributed by atoms with van der Waals surface area (Å²) in [5, 5.41) is 3.25. The molecule has 0 spiro atoms. The molecule has 1 rings (SSSR count). The molecule has 0 bridgehead atoms. The Morgan fingerprint density at radius 3 is 2.88 bits per heavy atom. The van der Waals surface area contributed by atoms with E-state index in [4.69, 9.17) is 10.5 Å². The van der Waals surface area contributed by atoms with Crippen LogP contribution in [0.25, 0.3) is 0 Å². The van der Waals surface area contributed by atoms with E-state index in [2.05, 4.69) is 24.1 Å². The van der Waals surface area contributed by atoms with E-state index in [1.165, 1.54) is 18.4 Å². The van der Waals surface area contributed by atoms with Gasteiger partial charge < -0.3 is 15.8 Å². The van der Waals surface area contributed by atoms with Gasteiger partial charge in [-0.2, -0.15) is 0 Å². The van der Waals surface area contributed by atoms with Crippen molar-refractivity contribution < 1.29 is 9.53 Å².